The van der Waals surface area contributed by atoms with Crippen molar-refractivity contribution >= 4 is 23.2 Å². The number of hydrogen-bond acceptors (Lipinski definition) is 5. The van der Waals surface area contributed by atoms with E-state index in [1.54, 1.807) is 0 Å². The van der Waals surface area contributed by atoms with Crippen LogP contribution in [0.2, 0.25) is 0 Å². The molecule has 7 heteroatoms. The molecule has 7 nitrogen and oxygen atoms in total. The summed E-state index contributed by atoms with van der Waals surface area (Å²) in [5.41, 5.74) is 3.91. The topological polar surface area (TPSA) is 84.9 Å². The van der Waals surface area contributed by atoms with Gasteiger partial charge in [-0.25, -0.2) is 0 Å². The van der Waals surface area contributed by atoms with Crippen molar-refractivity contribution in [2.75, 3.05) is 50.0 Å². The molecule has 0 unspecified atom stereocenters. The second-order valence-corrected chi connectivity index (χ2v) is 9.10. The van der Waals surface area contributed by atoms with Gasteiger partial charge in [-0.15, -0.1) is 0 Å². The standard InChI is InChI=1S/C26H34N4O3/c31-19-24-4-3-15-30(24)18-26(33)28-23-11-7-21(8-12-23)16-20-5-9-22(10-6-20)27-25(32)17-29-13-1-2-14-29/h5-12,24,31H,1-4,13-19H2,(H,27,32)(H,28,33)/t24-/m0/s1. The zero-order valence-corrected chi connectivity index (χ0v) is 19.1. The third-order valence-corrected chi connectivity index (χ3v) is 6.51. The van der Waals surface area contributed by atoms with E-state index >= 15 is 0 Å². The quantitative estimate of drug-likeness (QED) is 0.547. The molecule has 0 spiro atoms. The molecule has 176 valence electrons. The lowest BCUT2D eigenvalue weighted by atomic mass is 10.0. The molecular weight excluding hydrogens is 416 g/mol. The Morgan fingerprint density at radius 1 is 0.788 bits per heavy atom. The van der Waals surface area contributed by atoms with Crippen LogP contribution >= 0.6 is 0 Å². The summed E-state index contributed by atoms with van der Waals surface area (Å²) >= 11 is 0. The fourth-order valence-corrected chi connectivity index (χ4v) is 4.69. The number of hydrogen-bond donors (Lipinski definition) is 3. The summed E-state index contributed by atoms with van der Waals surface area (Å²) in [4.78, 5) is 28.8. The van der Waals surface area contributed by atoms with Gasteiger partial charge in [0.25, 0.3) is 0 Å². The molecule has 2 saturated heterocycles. The summed E-state index contributed by atoms with van der Waals surface area (Å²) in [6, 6.07) is 16.0. The van der Waals surface area contributed by atoms with E-state index in [-0.39, 0.29) is 24.5 Å². The van der Waals surface area contributed by atoms with Crippen LogP contribution in [0.4, 0.5) is 11.4 Å². The number of carbonyl (C=O) groups excluding carboxylic acids is 2. The third kappa shape index (κ3) is 6.87. The van der Waals surface area contributed by atoms with Crippen molar-refractivity contribution < 1.29 is 14.7 Å². The van der Waals surface area contributed by atoms with E-state index in [0.29, 0.717) is 13.1 Å². The van der Waals surface area contributed by atoms with Crippen molar-refractivity contribution in [3.8, 4) is 0 Å². The van der Waals surface area contributed by atoms with Crippen molar-refractivity contribution in [3.63, 3.8) is 0 Å². The number of anilines is 2. The summed E-state index contributed by atoms with van der Waals surface area (Å²) in [6.45, 7) is 3.76. The zero-order chi connectivity index (χ0) is 23.0. The van der Waals surface area contributed by atoms with Crippen molar-refractivity contribution in [1.82, 2.24) is 9.80 Å². The highest BCUT2D eigenvalue weighted by atomic mass is 16.3. The maximum absolute atomic E-state index is 12.3. The molecule has 0 radical (unpaired) electrons. The summed E-state index contributed by atoms with van der Waals surface area (Å²) < 4.78 is 0. The smallest absolute Gasteiger partial charge is 0.238 e. The van der Waals surface area contributed by atoms with Crippen LogP contribution in [-0.2, 0) is 16.0 Å². The second-order valence-electron chi connectivity index (χ2n) is 9.10. The highest BCUT2D eigenvalue weighted by Gasteiger charge is 2.25. The van der Waals surface area contributed by atoms with Gasteiger partial charge in [0.05, 0.1) is 19.7 Å². The number of aliphatic hydroxyl groups is 1. The molecule has 1 atom stereocenters. The largest absolute Gasteiger partial charge is 0.395 e. The lowest BCUT2D eigenvalue weighted by molar-refractivity contribution is -0.118. The van der Waals surface area contributed by atoms with Crippen LogP contribution in [0.15, 0.2) is 48.5 Å². The van der Waals surface area contributed by atoms with Crippen molar-refractivity contribution in [2.45, 2.75) is 38.1 Å². The molecule has 2 heterocycles. The second kappa shape index (κ2) is 11.4. The molecule has 0 saturated carbocycles. The van der Waals surface area contributed by atoms with Gasteiger partial charge < -0.3 is 15.7 Å². The number of nitrogens with zero attached hydrogens (tertiary/aromatic N) is 2. The summed E-state index contributed by atoms with van der Waals surface area (Å²) in [6.07, 6.45) is 5.11. The Morgan fingerprint density at radius 3 is 1.88 bits per heavy atom. The van der Waals surface area contributed by atoms with Crippen LogP contribution in [0.1, 0.15) is 36.8 Å². The molecule has 2 aliphatic rings. The minimum absolute atomic E-state index is 0.0406. The van der Waals surface area contributed by atoms with Crippen LogP contribution in [0.5, 0.6) is 0 Å². The van der Waals surface area contributed by atoms with Crippen molar-refractivity contribution in [3.05, 3.63) is 59.7 Å². The molecule has 0 bridgehead atoms. The fourth-order valence-electron chi connectivity index (χ4n) is 4.69. The number of amides is 2. The average molecular weight is 451 g/mol. The number of rotatable bonds is 9. The predicted octanol–water partition coefficient (Wildman–Crippen LogP) is 2.71. The summed E-state index contributed by atoms with van der Waals surface area (Å²) in [5, 5.41) is 15.3. The van der Waals surface area contributed by atoms with Gasteiger partial charge >= 0.3 is 0 Å². The van der Waals surface area contributed by atoms with E-state index in [1.165, 1.54) is 12.8 Å². The Labute approximate surface area is 195 Å². The molecule has 2 aromatic rings. The van der Waals surface area contributed by atoms with E-state index in [2.05, 4.69) is 15.5 Å². The minimum Gasteiger partial charge on any atom is -0.395 e. The van der Waals surface area contributed by atoms with Gasteiger partial charge in [0.15, 0.2) is 0 Å². The van der Waals surface area contributed by atoms with E-state index < -0.39 is 0 Å². The van der Waals surface area contributed by atoms with Crippen LogP contribution in [0, 0.1) is 0 Å². The number of likely N-dealkylation sites (tertiary alicyclic amines) is 2. The van der Waals surface area contributed by atoms with Crippen LogP contribution in [0.3, 0.4) is 0 Å². The van der Waals surface area contributed by atoms with Gasteiger partial charge in [-0.1, -0.05) is 24.3 Å². The van der Waals surface area contributed by atoms with Crippen molar-refractivity contribution in [1.29, 1.82) is 0 Å². The van der Waals surface area contributed by atoms with Gasteiger partial charge in [-0.3, -0.25) is 19.4 Å². The lowest BCUT2D eigenvalue weighted by Crippen LogP contribution is -2.38. The van der Waals surface area contributed by atoms with Gasteiger partial charge in [-0.2, -0.15) is 0 Å². The molecule has 4 rings (SSSR count). The third-order valence-electron chi connectivity index (χ3n) is 6.51. The molecular formula is C26H34N4O3. The number of nitrogens with one attached hydrogen (secondary N) is 2. The van der Waals surface area contributed by atoms with Gasteiger partial charge in [-0.05, 0) is 87.1 Å². The Balaban J connectivity index is 1.23. The van der Waals surface area contributed by atoms with Crippen molar-refractivity contribution in [2.24, 2.45) is 0 Å². The van der Waals surface area contributed by atoms with Gasteiger partial charge in [0.1, 0.15) is 0 Å². The fraction of sp³-hybridized carbons (Fsp3) is 0.462. The molecule has 33 heavy (non-hydrogen) atoms. The first kappa shape index (κ1) is 23.4. The normalized spacial score (nSPS) is 19.0. The van der Waals surface area contributed by atoms with Crippen LogP contribution < -0.4 is 10.6 Å². The molecule has 2 aliphatic heterocycles. The van der Waals surface area contributed by atoms with E-state index in [0.717, 1.165) is 61.4 Å². The van der Waals surface area contributed by atoms with E-state index in [9.17, 15) is 14.7 Å². The Kier molecular flexibility index (Phi) is 8.10. The Morgan fingerprint density at radius 2 is 1.33 bits per heavy atom. The molecule has 2 aromatic carbocycles. The zero-order valence-electron chi connectivity index (χ0n) is 19.1. The van der Waals surface area contributed by atoms with Crippen LogP contribution in [-0.4, -0.2) is 72.1 Å². The molecule has 2 fully saturated rings. The highest BCUT2D eigenvalue weighted by molar-refractivity contribution is 5.92. The molecule has 2 amide bonds. The van der Waals surface area contributed by atoms with E-state index in [4.69, 9.17) is 0 Å². The SMILES string of the molecule is O=C(CN1CCCC1)Nc1ccc(Cc2ccc(NC(=O)CN3CCC[C@H]3CO)cc2)cc1. The Bertz CT molecular complexity index is 924. The molecule has 0 aromatic heterocycles. The summed E-state index contributed by atoms with van der Waals surface area (Å²) in [5.74, 6) is -0.00985. The van der Waals surface area contributed by atoms with Gasteiger partial charge in [0, 0.05) is 17.4 Å². The number of carbonyl (C=O) groups is 2. The summed E-state index contributed by atoms with van der Waals surface area (Å²) in [7, 11) is 0. The van der Waals surface area contributed by atoms with Crippen LogP contribution in [0.25, 0.3) is 0 Å². The maximum atomic E-state index is 12.3. The lowest BCUT2D eigenvalue weighted by Gasteiger charge is -2.21. The average Bonchev–Trinajstić information content (AvgIpc) is 3.48. The minimum atomic E-state index is -0.0505. The first-order chi connectivity index (χ1) is 16.1. The number of benzene rings is 2. The van der Waals surface area contributed by atoms with E-state index in [1.807, 2.05) is 53.4 Å². The molecule has 0 aliphatic carbocycles. The predicted molar refractivity (Wildman–Crippen MR) is 130 cm³/mol. The first-order valence-corrected chi connectivity index (χ1v) is 11.9. The Hall–Kier alpha value is -2.74. The van der Waals surface area contributed by atoms with Gasteiger partial charge in [0.2, 0.25) is 11.8 Å². The monoisotopic (exact) mass is 450 g/mol. The maximum Gasteiger partial charge on any atom is 0.238 e. The first-order valence-electron chi connectivity index (χ1n) is 11.9. The highest BCUT2D eigenvalue weighted by Crippen LogP contribution is 2.18. The number of aliphatic hydroxyl groups excluding tert-OH is 1. The molecule has 3 N–H and O–H groups in total.